The third kappa shape index (κ3) is 6.32. The van der Waals surface area contributed by atoms with Crippen molar-refractivity contribution in [3.05, 3.63) is 48.2 Å². The Labute approximate surface area is 240 Å². The Hall–Kier alpha value is -2.62. The van der Waals surface area contributed by atoms with Gasteiger partial charge in [-0.25, -0.2) is 9.78 Å². The zero-order valence-electron chi connectivity index (χ0n) is 25.3. The Kier molecular flexibility index (Phi) is 7.94. The van der Waals surface area contributed by atoms with Crippen LogP contribution in [0.25, 0.3) is 0 Å². The van der Waals surface area contributed by atoms with Crippen molar-refractivity contribution >= 4 is 30.1 Å². The predicted octanol–water partition coefficient (Wildman–Crippen LogP) is 4.13. The molecule has 0 aliphatic carbocycles. The van der Waals surface area contributed by atoms with Crippen LogP contribution in [0, 0.1) is 0 Å². The molecule has 3 fully saturated rings. The molecule has 0 spiro atoms. The van der Waals surface area contributed by atoms with Crippen molar-refractivity contribution < 1.29 is 18.8 Å². The highest BCUT2D eigenvalue weighted by Gasteiger charge is 2.51. The summed E-state index contributed by atoms with van der Waals surface area (Å²) < 4.78 is 17.8. The van der Waals surface area contributed by atoms with Crippen LogP contribution in [-0.4, -0.2) is 85.1 Å². The van der Waals surface area contributed by atoms with Gasteiger partial charge in [0.05, 0.1) is 16.8 Å². The molecule has 0 unspecified atom stereocenters. The molecule has 4 heterocycles. The van der Waals surface area contributed by atoms with Gasteiger partial charge in [-0.05, 0) is 91.6 Å². The lowest BCUT2D eigenvalue weighted by Crippen LogP contribution is -2.53. The van der Waals surface area contributed by atoms with E-state index in [-0.39, 0.29) is 24.3 Å². The van der Waals surface area contributed by atoms with Gasteiger partial charge in [0.1, 0.15) is 11.4 Å². The van der Waals surface area contributed by atoms with E-state index in [0.29, 0.717) is 11.6 Å². The van der Waals surface area contributed by atoms with Crippen LogP contribution in [0.2, 0.25) is 0 Å². The second-order valence-electron chi connectivity index (χ2n) is 13.3. The van der Waals surface area contributed by atoms with E-state index in [1.807, 2.05) is 51.2 Å². The summed E-state index contributed by atoms with van der Waals surface area (Å²) in [6.45, 7) is 20.1. The second kappa shape index (κ2) is 11.0. The van der Waals surface area contributed by atoms with Crippen LogP contribution in [0.4, 0.5) is 11.5 Å². The number of nitrogens with zero attached hydrogens (tertiary/aromatic N) is 4. The number of benzene rings is 1. The molecule has 0 atom stereocenters. The Bertz CT molecular complexity index is 1150. The van der Waals surface area contributed by atoms with Gasteiger partial charge in [0.15, 0.2) is 0 Å². The van der Waals surface area contributed by atoms with E-state index in [1.54, 1.807) is 0 Å². The molecule has 0 bridgehead atoms. The van der Waals surface area contributed by atoms with Crippen molar-refractivity contribution in [3.8, 4) is 0 Å². The number of pyridine rings is 1. The number of anilines is 2. The van der Waals surface area contributed by atoms with Crippen LogP contribution >= 0.6 is 0 Å². The van der Waals surface area contributed by atoms with Crippen molar-refractivity contribution in [2.24, 2.45) is 0 Å². The van der Waals surface area contributed by atoms with Gasteiger partial charge < -0.3 is 23.8 Å². The van der Waals surface area contributed by atoms with Crippen LogP contribution in [0.1, 0.15) is 71.7 Å². The average molecular weight is 549 g/mol. The quantitative estimate of drug-likeness (QED) is 0.409. The number of hydrogen-bond donors (Lipinski definition) is 0. The van der Waals surface area contributed by atoms with E-state index in [4.69, 9.17) is 19.0 Å². The summed E-state index contributed by atoms with van der Waals surface area (Å²) in [6.07, 6.45) is 4.19. The maximum absolute atomic E-state index is 12.3. The third-order valence-corrected chi connectivity index (χ3v) is 8.78. The molecule has 2 aromatic rings. The van der Waals surface area contributed by atoms with E-state index >= 15 is 0 Å². The van der Waals surface area contributed by atoms with Gasteiger partial charge in [-0.15, -0.1) is 0 Å². The zero-order chi connectivity index (χ0) is 28.7. The number of carbonyl (C=O) groups is 1. The molecule has 3 saturated heterocycles. The Balaban J connectivity index is 1.08. The summed E-state index contributed by atoms with van der Waals surface area (Å²) in [7, 11) is -0.376. The first kappa shape index (κ1) is 28.9. The monoisotopic (exact) mass is 548 g/mol. The highest BCUT2D eigenvalue weighted by molar-refractivity contribution is 6.62. The fraction of sp³-hybridized carbons (Fsp3) is 0.613. The summed E-state index contributed by atoms with van der Waals surface area (Å²) in [4.78, 5) is 24.6. The van der Waals surface area contributed by atoms with Crippen LogP contribution in [0.5, 0.6) is 0 Å². The lowest BCUT2D eigenvalue weighted by molar-refractivity contribution is 0.00578. The number of esters is 1. The SMILES string of the molecule is CC(C)(C)OC(=O)c1ccc(N2CCN(C3CCN(c4ccc(B5OC(C)(C)C(C)(C)O5)cn4)CC3)CC2)cc1. The number of hydrogen-bond acceptors (Lipinski definition) is 8. The molecule has 5 rings (SSSR count). The fourth-order valence-corrected chi connectivity index (χ4v) is 5.65. The van der Waals surface area contributed by atoms with Crippen LogP contribution < -0.4 is 15.3 Å². The molecule has 0 amide bonds. The molecular weight excluding hydrogens is 503 g/mol. The van der Waals surface area contributed by atoms with Gasteiger partial charge >= 0.3 is 13.1 Å². The Morgan fingerprint density at radius 3 is 2.00 bits per heavy atom. The van der Waals surface area contributed by atoms with E-state index < -0.39 is 5.60 Å². The highest BCUT2D eigenvalue weighted by atomic mass is 16.7. The van der Waals surface area contributed by atoms with Crippen molar-refractivity contribution in [1.29, 1.82) is 0 Å². The van der Waals surface area contributed by atoms with Gasteiger partial charge in [-0.2, -0.15) is 0 Å². The van der Waals surface area contributed by atoms with Crippen LogP contribution in [0.15, 0.2) is 42.6 Å². The summed E-state index contributed by atoms with van der Waals surface area (Å²) in [5, 5.41) is 0. The summed E-state index contributed by atoms with van der Waals surface area (Å²) in [5.41, 5.74) is 1.54. The topological polar surface area (TPSA) is 67.4 Å². The van der Waals surface area contributed by atoms with Gasteiger partial charge in [0.2, 0.25) is 0 Å². The second-order valence-corrected chi connectivity index (χ2v) is 13.3. The molecule has 0 saturated carbocycles. The van der Waals surface area contributed by atoms with E-state index in [2.05, 4.69) is 54.5 Å². The molecular formula is C31H45BN4O4. The molecule has 216 valence electrons. The maximum Gasteiger partial charge on any atom is 0.496 e. The molecule has 8 nitrogen and oxygen atoms in total. The van der Waals surface area contributed by atoms with Gasteiger partial charge in [0, 0.05) is 62.7 Å². The molecule has 0 N–H and O–H groups in total. The number of carbonyl (C=O) groups excluding carboxylic acids is 1. The molecule has 1 aromatic carbocycles. The number of piperazine rings is 1. The van der Waals surface area contributed by atoms with Crippen LogP contribution in [-0.2, 0) is 14.0 Å². The van der Waals surface area contributed by atoms with E-state index in [0.717, 1.165) is 69.1 Å². The minimum atomic E-state index is -0.488. The van der Waals surface area contributed by atoms with Crippen molar-refractivity contribution in [3.63, 3.8) is 0 Å². The molecule has 1 aromatic heterocycles. The van der Waals surface area contributed by atoms with Crippen molar-refractivity contribution in [1.82, 2.24) is 9.88 Å². The molecule has 40 heavy (non-hydrogen) atoms. The van der Waals surface area contributed by atoms with Gasteiger partial charge in [0.25, 0.3) is 0 Å². The molecule has 3 aliphatic heterocycles. The predicted molar refractivity (Wildman–Crippen MR) is 161 cm³/mol. The number of aromatic nitrogens is 1. The maximum atomic E-state index is 12.3. The minimum Gasteiger partial charge on any atom is -0.456 e. The first-order valence-corrected chi connectivity index (χ1v) is 14.7. The van der Waals surface area contributed by atoms with Gasteiger partial charge in [-0.1, -0.05) is 6.07 Å². The highest BCUT2D eigenvalue weighted by Crippen LogP contribution is 2.36. The summed E-state index contributed by atoms with van der Waals surface area (Å²) in [5.74, 6) is 0.754. The van der Waals surface area contributed by atoms with Crippen LogP contribution in [0.3, 0.4) is 0 Å². The Morgan fingerprint density at radius 2 is 1.48 bits per heavy atom. The first-order valence-electron chi connectivity index (χ1n) is 14.7. The lowest BCUT2D eigenvalue weighted by Gasteiger charge is -2.43. The number of piperidine rings is 1. The lowest BCUT2D eigenvalue weighted by atomic mass is 9.80. The average Bonchev–Trinajstić information content (AvgIpc) is 3.14. The smallest absolute Gasteiger partial charge is 0.456 e. The summed E-state index contributed by atoms with van der Waals surface area (Å²) in [6, 6.07) is 12.6. The first-order chi connectivity index (χ1) is 18.8. The summed E-state index contributed by atoms with van der Waals surface area (Å²) >= 11 is 0. The van der Waals surface area contributed by atoms with E-state index in [9.17, 15) is 4.79 Å². The standard InChI is InChI=1S/C31H45BN4O4/c1-29(2,3)38-28(37)23-8-11-25(12-9-23)34-18-20-35(21-19-34)26-14-16-36(17-15-26)27-13-10-24(22-33-27)32-39-30(4,5)31(6,7)40-32/h8-13,22,26H,14-21H2,1-7H3. The van der Waals surface area contributed by atoms with Crippen molar-refractivity contribution in [2.75, 3.05) is 49.1 Å². The molecule has 3 aliphatic rings. The third-order valence-electron chi connectivity index (χ3n) is 8.78. The molecule has 9 heteroatoms. The normalized spacial score (nSPS) is 22.0. The largest absolute Gasteiger partial charge is 0.496 e. The van der Waals surface area contributed by atoms with Gasteiger partial charge in [-0.3, -0.25) is 4.90 Å². The zero-order valence-corrected chi connectivity index (χ0v) is 25.3. The van der Waals surface area contributed by atoms with E-state index in [1.165, 1.54) is 0 Å². The minimum absolute atomic E-state index is 0.272. The fourth-order valence-electron chi connectivity index (χ4n) is 5.65. The number of rotatable bonds is 5. The number of ether oxygens (including phenoxy) is 1. The Morgan fingerprint density at radius 1 is 0.875 bits per heavy atom. The van der Waals surface area contributed by atoms with Crippen molar-refractivity contribution in [2.45, 2.75) is 84.2 Å². The molecule has 0 radical (unpaired) electrons.